The third kappa shape index (κ3) is 2.86. The van der Waals surface area contributed by atoms with Crippen LogP contribution in [0.1, 0.15) is 11.1 Å². The molecule has 0 unspecified atom stereocenters. The molecule has 0 heterocycles. The van der Waals surface area contributed by atoms with Gasteiger partial charge in [0.15, 0.2) is 0 Å². The molecule has 2 rings (SSSR count). The van der Waals surface area contributed by atoms with Crippen molar-refractivity contribution in [2.45, 2.75) is 13.5 Å². The summed E-state index contributed by atoms with van der Waals surface area (Å²) in [6.45, 7) is 2.95. The fourth-order valence-electron chi connectivity index (χ4n) is 2.05. The van der Waals surface area contributed by atoms with E-state index in [0.717, 1.165) is 22.7 Å². The normalized spacial score (nSPS) is 10.7. The van der Waals surface area contributed by atoms with Gasteiger partial charge in [-0.05, 0) is 48.9 Å². The van der Waals surface area contributed by atoms with E-state index in [0.29, 0.717) is 5.02 Å². The second kappa shape index (κ2) is 5.75. The molecule has 2 aromatic carbocycles. The van der Waals surface area contributed by atoms with Crippen LogP contribution in [0.3, 0.4) is 0 Å². The van der Waals surface area contributed by atoms with E-state index in [1.807, 2.05) is 19.2 Å². The van der Waals surface area contributed by atoms with E-state index in [2.05, 4.69) is 30.4 Å². The average molecular weight is 280 g/mol. The van der Waals surface area contributed by atoms with Crippen LogP contribution in [-0.4, -0.2) is 7.05 Å². The molecule has 0 atom stereocenters. The maximum atomic E-state index is 6.23. The summed E-state index contributed by atoms with van der Waals surface area (Å²) < 4.78 is 0. The second-order valence-corrected chi connectivity index (χ2v) is 5.15. The van der Waals surface area contributed by atoms with Crippen molar-refractivity contribution in [1.29, 1.82) is 0 Å². The lowest BCUT2D eigenvalue weighted by atomic mass is 9.98. The summed E-state index contributed by atoms with van der Waals surface area (Å²) in [6.07, 6.45) is 0. The Balaban J connectivity index is 2.47. The number of halogens is 2. The lowest BCUT2D eigenvalue weighted by Crippen LogP contribution is -2.05. The Hall–Kier alpha value is -1.02. The summed E-state index contributed by atoms with van der Waals surface area (Å²) in [7, 11) is 1.94. The molecule has 0 radical (unpaired) electrons. The van der Waals surface area contributed by atoms with Crippen molar-refractivity contribution in [3.63, 3.8) is 0 Å². The highest BCUT2D eigenvalue weighted by Gasteiger charge is 2.07. The minimum atomic E-state index is 0.702. The van der Waals surface area contributed by atoms with Crippen molar-refractivity contribution in [1.82, 2.24) is 5.32 Å². The molecule has 0 aliphatic rings. The first kappa shape index (κ1) is 13.4. The van der Waals surface area contributed by atoms with E-state index in [1.165, 1.54) is 11.1 Å². The van der Waals surface area contributed by atoms with Crippen LogP contribution < -0.4 is 5.32 Å². The topological polar surface area (TPSA) is 12.0 Å². The van der Waals surface area contributed by atoms with Crippen LogP contribution in [0.15, 0.2) is 36.4 Å². The molecule has 3 heteroatoms. The second-order valence-electron chi connectivity index (χ2n) is 4.30. The quantitative estimate of drug-likeness (QED) is 0.860. The predicted octanol–water partition coefficient (Wildman–Crippen LogP) is 4.69. The van der Waals surface area contributed by atoms with E-state index in [9.17, 15) is 0 Å². The summed E-state index contributed by atoms with van der Waals surface area (Å²) in [5.74, 6) is 0. The lowest BCUT2D eigenvalue weighted by Gasteiger charge is -2.10. The van der Waals surface area contributed by atoms with Gasteiger partial charge in [0.1, 0.15) is 0 Å². The largest absolute Gasteiger partial charge is 0.316 e. The molecule has 0 saturated carbocycles. The number of hydrogen-bond donors (Lipinski definition) is 1. The molecule has 0 amide bonds. The molecule has 0 spiro atoms. The Bertz CT molecular complexity index is 564. The van der Waals surface area contributed by atoms with Crippen LogP contribution in [0.5, 0.6) is 0 Å². The van der Waals surface area contributed by atoms with E-state index in [4.69, 9.17) is 23.2 Å². The van der Waals surface area contributed by atoms with Gasteiger partial charge in [0.05, 0.1) is 0 Å². The lowest BCUT2D eigenvalue weighted by molar-refractivity contribution is 0.817. The summed E-state index contributed by atoms with van der Waals surface area (Å²) >= 11 is 12.3. The van der Waals surface area contributed by atoms with Crippen molar-refractivity contribution >= 4 is 23.2 Å². The molecule has 1 nitrogen and oxygen atoms in total. The molecule has 2 aromatic rings. The van der Waals surface area contributed by atoms with Gasteiger partial charge >= 0.3 is 0 Å². The Morgan fingerprint density at radius 1 is 1.00 bits per heavy atom. The van der Waals surface area contributed by atoms with Gasteiger partial charge in [-0.2, -0.15) is 0 Å². The van der Waals surface area contributed by atoms with Crippen LogP contribution >= 0.6 is 23.2 Å². The first-order valence-corrected chi connectivity index (χ1v) is 6.57. The number of rotatable bonds is 3. The fourth-order valence-corrected chi connectivity index (χ4v) is 2.44. The van der Waals surface area contributed by atoms with Gasteiger partial charge < -0.3 is 5.32 Å². The SMILES string of the molecule is CNCc1ccc(-c2cc(Cl)ccc2Cl)c(C)c1. The van der Waals surface area contributed by atoms with Crippen molar-refractivity contribution in [3.8, 4) is 11.1 Å². The zero-order valence-corrected chi connectivity index (χ0v) is 11.9. The van der Waals surface area contributed by atoms with E-state index < -0.39 is 0 Å². The van der Waals surface area contributed by atoms with Crippen molar-refractivity contribution in [3.05, 3.63) is 57.6 Å². The van der Waals surface area contributed by atoms with Gasteiger partial charge in [-0.15, -0.1) is 0 Å². The molecular formula is C15H15Cl2N. The van der Waals surface area contributed by atoms with E-state index in [1.54, 1.807) is 6.07 Å². The summed E-state index contributed by atoms with van der Waals surface area (Å²) in [4.78, 5) is 0. The molecule has 0 bridgehead atoms. The fraction of sp³-hybridized carbons (Fsp3) is 0.200. The van der Waals surface area contributed by atoms with Gasteiger partial charge in [0, 0.05) is 22.2 Å². The third-order valence-electron chi connectivity index (χ3n) is 2.89. The zero-order valence-electron chi connectivity index (χ0n) is 10.4. The highest BCUT2D eigenvalue weighted by Crippen LogP contribution is 2.32. The van der Waals surface area contributed by atoms with Crippen LogP contribution in [-0.2, 0) is 6.54 Å². The number of hydrogen-bond acceptors (Lipinski definition) is 1. The Kier molecular flexibility index (Phi) is 4.28. The summed E-state index contributed by atoms with van der Waals surface area (Å²) in [5, 5.41) is 4.57. The highest BCUT2D eigenvalue weighted by atomic mass is 35.5. The minimum Gasteiger partial charge on any atom is -0.316 e. The van der Waals surface area contributed by atoms with Crippen LogP contribution in [0.2, 0.25) is 10.0 Å². The molecule has 0 saturated heterocycles. The first-order chi connectivity index (χ1) is 8.61. The number of nitrogens with one attached hydrogen (secondary N) is 1. The van der Waals surface area contributed by atoms with E-state index in [-0.39, 0.29) is 0 Å². The van der Waals surface area contributed by atoms with Crippen LogP contribution in [0.25, 0.3) is 11.1 Å². The molecule has 0 aliphatic heterocycles. The Labute approximate surface area is 118 Å². The molecule has 94 valence electrons. The zero-order chi connectivity index (χ0) is 13.1. The van der Waals surface area contributed by atoms with Crippen LogP contribution in [0.4, 0.5) is 0 Å². The standard InChI is InChI=1S/C15H15Cl2N/c1-10-7-11(9-18-2)3-5-13(10)14-8-12(16)4-6-15(14)17/h3-8,18H,9H2,1-2H3. The predicted molar refractivity (Wildman–Crippen MR) is 79.4 cm³/mol. The average Bonchev–Trinajstić information content (AvgIpc) is 2.33. The number of aryl methyl sites for hydroxylation is 1. The monoisotopic (exact) mass is 279 g/mol. The molecular weight excluding hydrogens is 265 g/mol. The van der Waals surface area contributed by atoms with Crippen molar-refractivity contribution < 1.29 is 0 Å². The number of benzene rings is 2. The maximum absolute atomic E-state index is 6.23. The Morgan fingerprint density at radius 3 is 2.44 bits per heavy atom. The molecule has 1 N–H and O–H groups in total. The molecule has 18 heavy (non-hydrogen) atoms. The Morgan fingerprint density at radius 2 is 1.78 bits per heavy atom. The molecule has 0 aliphatic carbocycles. The summed E-state index contributed by atoms with van der Waals surface area (Å²) in [5.41, 5.74) is 4.57. The molecule has 0 fully saturated rings. The van der Waals surface area contributed by atoms with Crippen LogP contribution in [0, 0.1) is 6.92 Å². The highest BCUT2D eigenvalue weighted by molar-refractivity contribution is 6.35. The van der Waals surface area contributed by atoms with Gasteiger partial charge in [0.25, 0.3) is 0 Å². The maximum Gasteiger partial charge on any atom is 0.0485 e. The van der Waals surface area contributed by atoms with Gasteiger partial charge in [-0.1, -0.05) is 41.4 Å². The van der Waals surface area contributed by atoms with Gasteiger partial charge in [-0.25, -0.2) is 0 Å². The third-order valence-corrected chi connectivity index (χ3v) is 3.45. The minimum absolute atomic E-state index is 0.702. The van der Waals surface area contributed by atoms with E-state index >= 15 is 0 Å². The van der Waals surface area contributed by atoms with Crippen molar-refractivity contribution in [2.75, 3.05) is 7.05 Å². The van der Waals surface area contributed by atoms with Gasteiger partial charge in [-0.3, -0.25) is 0 Å². The summed E-state index contributed by atoms with van der Waals surface area (Å²) in [6, 6.07) is 11.9. The van der Waals surface area contributed by atoms with Gasteiger partial charge in [0.2, 0.25) is 0 Å². The molecule has 0 aromatic heterocycles. The first-order valence-electron chi connectivity index (χ1n) is 5.81. The smallest absolute Gasteiger partial charge is 0.0485 e. The van der Waals surface area contributed by atoms with Crippen molar-refractivity contribution in [2.24, 2.45) is 0 Å².